The van der Waals surface area contributed by atoms with E-state index in [1.54, 1.807) is 18.8 Å². The highest BCUT2D eigenvalue weighted by molar-refractivity contribution is 6.11. The molecule has 144 valence electrons. The molecule has 0 aliphatic rings. The summed E-state index contributed by atoms with van der Waals surface area (Å²) in [6.45, 7) is 1.81. The van der Waals surface area contributed by atoms with Crippen molar-refractivity contribution in [2.45, 2.75) is 6.92 Å². The van der Waals surface area contributed by atoms with Crippen molar-refractivity contribution in [3.63, 3.8) is 0 Å². The average molecular weight is 383 g/mol. The van der Waals surface area contributed by atoms with Crippen LogP contribution in [0.3, 0.4) is 0 Å². The number of hydrogen-bond acceptors (Lipinski definition) is 6. The van der Waals surface area contributed by atoms with Gasteiger partial charge < -0.3 is 10.6 Å². The third-order valence-electron chi connectivity index (χ3n) is 4.23. The van der Waals surface area contributed by atoms with Crippen LogP contribution in [0.1, 0.15) is 26.5 Å². The van der Waals surface area contributed by atoms with Crippen molar-refractivity contribution >= 4 is 28.9 Å². The molecule has 0 saturated carbocycles. The van der Waals surface area contributed by atoms with E-state index < -0.39 is 16.7 Å². The van der Waals surface area contributed by atoms with Crippen molar-refractivity contribution in [3.05, 3.63) is 63.7 Å². The number of nitro groups is 1. The quantitative estimate of drug-likeness (QED) is 0.510. The lowest BCUT2D eigenvalue weighted by Gasteiger charge is -2.09. The van der Waals surface area contributed by atoms with Gasteiger partial charge in [-0.3, -0.25) is 29.1 Å². The second-order valence-corrected chi connectivity index (χ2v) is 6.01. The Morgan fingerprint density at radius 1 is 0.964 bits per heavy atom. The molecule has 0 bridgehead atoms. The molecule has 0 unspecified atom stereocenters. The Balaban J connectivity index is 1.80. The second kappa shape index (κ2) is 7.31. The molecule has 0 saturated heterocycles. The van der Waals surface area contributed by atoms with Gasteiger partial charge in [-0.1, -0.05) is 0 Å². The van der Waals surface area contributed by atoms with Gasteiger partial charge in [0.05, 0.1) is 34.4 Å². The number of rotatable bonds is 5. The van der Waals surface area contributed by atoms with Crippen LogP contribution < -0.4 is 10.6 Å². The van der Waals surface area contributed by atoms with Crippen LogP contribution in [0.5, 0.6) is 0 Å². The summed E-state index contributed by atoms with van der Waals surface area (Å²) in [4.78, 5) is 35.3. The van der Waals surface area contributed by atoms with Gasteiger partial charge in [0.1, 0.15) is 5.69 Å². The molecule has 11 heteroatoms. The highest BCUT2D eigenvalue weighted by atomic mass is 16.6. The van der Waals surface area contributed by atoms with Gasteiger partial charge in [-0.25, -0.2) is 0 Å². The van der Waals surface area contributed by atoms with E-state index in [1.807, 2.05) is 6.92 Å². The van der Waals surface area contributed by atoms with E-state index in [0.717, 1.165) is 5.69 Å². The summed E-state index contributed by atoms with van der Waals surface area (Å²) in [5.41, 5.74) is 1.77. The predicted molar refractivity (Wildman–Crippen MR) is 100 cm³/mol. The molecule has 0 spiro atoms. The molecular formula is C17H17N7O4. The molecule has 0 atom stereocenters. The first kappa shape index (κ1) is 18.8. The van der Waals surface area contributed by atoms with Crippen molar-refractivity contribution in [1.29, 1.82) is 0 Å². The average Bonchev–Trinajstić information content (AvgIpc) is 3.18. The number of amides is 2. The maximum atomic E-state index is 12.7. The van der Waals surface area contributed by atoms with E-state index in [4.69, 9.17) is 0 Å². The Morgan fingerprint density at radius 2 is 1.54 bits per heavy atom. The van der Waals surface area contributed by atoms with Gasteiger partial charge in [-0.05, 0) is 19.1 Å². The number of carbonyl (C=O) groups is 2. The Labute approximate surface area is 159 Å². The van der Waals surface area contributed by atoms with Crippen molar-refractivity contribution in [3.8, 4) is 0 Å². The zero-order chi connectivity index (χ0) is 20.4. The van der Waals surface area contributed by atoms with Crippen LogP contribution in [0.25, 0.3) is 0 Å². The van der Waals surface area contributed by atoms with Crippen molar-refractivity contribution in [2.75, 3.05) is 10.6 Å². The number of aryl methyl sites for hydroxylation is 2. The molecule has 0 aliphatic heterocycles. The summed E-state index contributed by atoms with van der Waals surface area (Å²) < 4.78 is 2.96. The topological polar surface area (TPSA) is 137 Å². The van der Waals surface area contributed by atoms with Gasteiger partial charge in [0.15, 0.2) is 0 Å². The van der Waals surface area contributed by atoms with Crippen LogP contribution in [-0.2, 0) is 14.1 Å². The van der Waals surface area contributed by atoms with Crippen molar-refractivity contribution in [1.82, 2.24) is 19.6 Å². The second-order valence-electron chi connectivity index (χ2n) is 6.01. The molecule has 2 heterocycles. The summed E-state index contributed by atoms with van der Waals surface area (Å²) in [7, 11) is 3.33. The summed E-state index contributed by atoms with van der Waals surface area (Å²) >= 11 is 0. The molecule has 3 aromatic rings. The number of non-ortho nitro benzene ring substituents is 1. The number of aromatic nitrogens is 4. The molecule has 2 N–H and O–H groups in total. The number of nitro benzene ring substituents is 1. The first-order valence-electron chi connectivity index (χ1n) is 8.15. The summed E-state index contributed by atoms with van der Waals surface area (Å²) in [5, 5.41) is 24.1. The molecule has 0 radical (unpaired) electrons. The third-order valence-corrected chi connectivity index (χ3v) is 4.23. The molecule has 2 amide bonds. The summed E-state index contributed by atoms with van der Waals surface area (Å²) in [6, 6.07) is 5.14. The maximum Gasteiger partial charge on any atom is 0.276 e. The van der Waals surface area contributed by atoms with E-state index in [1.165, 1.54) is 41.3 Å². The predicted octanol–water partition coefficient (Wildman–Crippen LogP) is 1.87. The molecule has 3 rings (SSSR count). The lowest BCUT2D eigenvalue weighted by Crippen LogP contribution is -2.20. The molecule has 0 fully saturated rings. The molecule has 11 nitrogen and oxygen atoms in total. The minimum Gasteiger partial charge on any atom is -0.319 e. The molecule has 0 aliphatic carbocycles. The van der Waals surface area contributed by atoms with Crippen LogP contribution in [0.2, 0.25) is 0 Å². The molecule has 2 aromatic heterocycles. The molecule has 1 aromatic carbocycles. The van der Waals surface area contributed by atoms with Crippen LogP contribution in [0.4, 0.5) is 17.1 Å². The minimum atomic E-state index is -0.550. The largest absolute Gasteiger partial charge is 0.319 e. The van der Waals surface area contributed by atoms with Crippen LogP contribution in [0, 0.1) is 17.0 Å². The number of hydrogen-bond donors (Lipinski definition) is 2. The van der Waals surface area contributed by atoms with Crippen LogP contribution in [0.15, 0.2) is 36.7 Å². The zero-order valence-electron chi connectivity index (χ0n) is 15.3. The number of anilines is 2. The van der Waals surface area contributed by atoms with Crippen LogP contribution in [-0.4, -0.2) is 36.3 Å². The lowest BCUT2D eigenvalue weighted by atomic mass is 10.2. The monoisotopic (exact) mass is 383 g/mol. The minimum absolute atomic E-state index is 0.121. The highest BCUT2D eigenvalue weighted by Crippen LogP contribution is 2.20. The smallest absolute Gasteiger partial charge is 0.276 e. The van der Waals surface area contributed by atoms with E-state index in [9.17, 15) is 19.7 Å². The van der Waals surface area contributed by atoms with Gasteiger partial charge in [0.2, 0.25) is 0 Å². The van der Waals surface area contributed by atoms with Gasteiger partial charge in [0.25, 0.3) is 17.5 Å². The SMILES string of the molecule is Cc1c(NC(=O)c2c(NC(=O)c3ccc([N+](=O)[O-])cc3)cnn2C)cnn1C. The Hall–Kier alpha value is -4.02. The lowest BCUT2D eigenvalue weighted by molar-refractivity contribution is -0.384. The fraction of sp³-hybridized carbons (Fsp3) is 0.176. The molecular weight excluding hydrogens is 366 g/mol. The number of carbonyl (C=O) groups excluding carboxylic acids is 2. The first-order chi connectivity index (χ1) is 13.3. The zero-order valence-corrected chi connectivity index (χ0v) is 15.3. The molecule has 28 heavy (non-hydrogen) atoms. The fourth-order valence-corrected chi connectivity index (χ4v) is 2.53. The first-order valence-corrected chi connectivity index (χ1v) is 8.15. The Morgan fingerprint density at radius 3 is 2.11 bits per heavy atom. The number of benzene rings is 1. The normalized spacial score (nSPS) is 10.5. The van der Waals surface area contributed by atoms with Gasteiger partial charge in [-0.2, -0.15) is 10.2 Å². The summed E-state index contributed by atoms with van der Waals surface area (Å²) in [5.74, 6) is -0.982. The van der Waals surface area contributed by atoms with E-state index in [2.05, 4.69) is 20.8 Å². The van der Waals surface area contributed by atoms with Gasteiger partial charge >= 0.3 is 0 Å². The van der Waals surface area contributed by atoms with Gasteiger partial charge in [0, 0.05) is 31.8 Å². The third kappa shape index (κ3) is 3.58. The Bertz CT molecular complexity index is 1070. The van der Waals surface area contributed by atoms with Crippen molar-refractivity contribution in [2.24, 2.45) is 14.1 Å². The van der Waals surface area contributed by atoms with E-state index >= 15 is 0 Å². The van der Waals surface area contributed by atoms with E-state index in [-0.39, 0.29) is 22.6 Å². The summed E-state index contributed by atoms with van der Waals surface area (Å²) in [6.07, 6.45) is 2.88. The highest BCUT2D eigenvalue weighted by Gasteiger charge is 2.21. The van der Waals surface area contributed by atoms with E-state index in [0.29, 0.717) is 5.69 Å². The maximum absolute atomic E-state index is 12.7. The number of nitrogens with zero attached hydrogens (tertiary/aromatic N) is 5. The van der Waals surface area contributed by atoms with Crippen molar-refractivity contribution < 1.29 is 14.5 Å². The van der Waals surface area contributed by atoms with Crippen LogP contribution >= 0.6 is 0 Å². The fourth-order valence-electron chi connectivity index (χ4n) is 2.53. The number of nitrogens with one attached hydrogen (secondary N) is 2. The Kier molecular flexibility index (Phi) is 4.90. The standard InChI is InChI=1S/C17H17N7O4/c1-10-13(8-18-22(10)2)20-17(26)15-14(9-19-23(15)3)21-16(25)11-4-6-12(7-5-11)24(27)28/h4-9H,1-3H3,(H,20,26)(H,21,25). The van der Waals surface area contributed by atoms with Gasteiger partial charge in [-0.15, -0.1) is 0 Å².